The first-order chi connectivity index (χ1) is 13.4. The van der Waals surface area contributed by atoms with Crippen LogP contribution in [-0.4, -0.2) is 47.8 Å². The molecule has 1 aliphatic heterocycles. The Morgan fingerprint density at radius 3 is 2.86 bits per heavy atom. The molecule has 3 rings (SSSR count). The maximum atomic E-state index is 13.3. The van der Waals surface area contributed by atoms with Crippen LogP contribution in [0.25, 0.3) is 0 Å². The molecule has 1 saturated heterocycles. The van der Waals surface area contributed by atoms with Gasteiger partial charge in [-0.15, -0.1) is 0 Å². The summed E-state index contributed by atoms with van der Waals surface area (Å²) in [5.41, 5.74) is 0.275. The highest BCUT2D eigenvalue weighted by Gasteiger charge is 2.23. The predicted molar refractivity (Wildman–Crippen MR) is 101 cm³/mol. The molecule has 150 valence electrons. The second-order valence-corrected chi connectivity index (χ2v) is 7.07. The van der Waals surface area contributed by atoms with Crippen molar-refractivity contribution in [1.82, 2.24) is 9.55 Å². The molecule has 1 unspecified atom stereocenters. The zero-order chi connectivity index (χ0) is 20.3. The van der Waals surface area contributed by atoms with E-state index in [4.69, 9.17) is 16.3 Å². The van der Waals surface area contributed by atoms with Gasteiger partial charge in [0, 0.05) is 32.6 Å². The van der Waals surface area contributed by atoms with Gasteiger partial charge in [-0.2, -0.15) is 0 Å². The van der Waals surface area contributed by atoms with E-state index < -0.39 is 18.6 Å². The molecule has 0 N–H and O–H groups in total. The number of rotatable bonds is 6. The van der Waals surface area contributed by atoms with E-state index in [1.165, 1.54) is 28.8 Å². The summed E-state index contributed by atoms with van der Waals surface area (Å²) in [7, 11) is 1.54. The Labute approximate surface area is 165 Å². The van der Waals surface area contributed by atoms with Crippen molar-refractivity contribution in [2.24, 2.45) is 7.05 Å². The lowest BCUT2D eigenvalue weighted by atomic mass is 10.1. The molecule has 0 bridgehead atoms. The molecule has 0 amide bonds. The molecule has 6 nitrogen and oxygen atoms in total. The number of hydrogen-bond acceptors (Lipinski definition) is 5. The average molecular weight is 412 g/mol. The van der Waals surface area contributed by atoms with Crippen LogP contribution in [0.15, 0.2) is 29.1 Å². The lowest BCUT2D eigenvalue weighted by molar-refractivity contribution is -0.117. The smallest absolute Gasteiger partial charge is 0.255 e. The average Bonchev–Trinajstić information content (AvgIpc) is 2.68. The van der Waals surface area contributed by atoms with Crippen molar-refractivity contribution in [1.29, 1.82) is 0 Å². The quantitative estimate of drug-likeness (QED) is 0.728. The van der Waals surface area contributed by atoms with Gasteiger partial charge < -0.3 is 9.64 Å². The third-order valence-corrected chi connectivity index (χ3v) is 4.88. The normalized spacial score (nSPS) is 17.0. The van der Waals surface area contributed by atoms with Gasteiger partial charge in [-0.1, -0.05) is 17.7 Å². The zero-order valence-corrected chi connectivity index (χ0v) is 16.1. The standard InChI is InChI=1S/C19H20ClF2N3O3/c1-24-17(8-13(26)6-12-2-3-16(22)15(20)7-12)23-18(9-19(24)27)25-4-5-28-14(10-21)11-25/h2-3,7,9,14H,4-6,8,10-11H2,1H3. The van der Waals surface area contributed by atoms with Gasteiger partial charge in [-0.05, 0) is 17.7 Å². The van der Waals surface area contributed by atoms with Crippen LogP contribution in [0.5, 0.6) is 0 Å². The number of ether oxygens (including phenoxy) is 1. The third kappa shape index (κ3) is 4.74. The van der Waals surface area contributed by atoms with Gasteiger partial charge in [0.15, 0.2) is 0 Å². The number of Topliss-reactive ketones (excluding diaryl/α,β-unsaturated/α-hetero) is 1. The van der Waals surface area contributed by atoms with Gasteiger partial charge >= 0.3 is 0 Å². The molecular weight excluding hydrogens is 392 g/mol. The van der Waals surface area contributed by atoms with E-state index in [9.17, 15) is 18.4 Å². The molecule has 1 fully saturated rings. The zero-order valence-electron chi connectivity index (χ0n) is 15.3. The summed E-state index contributed by atoms with van der Waals surface area (Å²) in [5, 5.41) is -0.0486. The molecule has 9 heteroatoms. The van der Waals surface area contributed by atoms with E-state index in [0.717, 1.165) is 0 Å². The van der Waals surface area contributed by atoms with E-state index in [2.05, 4.69) is 4.98 Å². The number of benzene rings is 1. The maximum absolute atomic E-state index is 13.3. The number of carbonyl (C=O) groups excluding carboxylic acids is 1. The Balaban J connectivity index is 1.77. The van der Waals surface area contributed by atoms with Gasteiger partial charge in [-0.25, -0.2) is 13.8 Å². The van der Waals surface area contributed by atoms with Crippen molar-refractivity contribution in [3.63, 3.8) is 0 Å². The summed E-state index contributed by atoms with van der Waals surface area (Å²) in [6, 6.07) is 5.48. The molecular formula is C19H20ClF2N3O3. The second-order valence-electron chi connectivity index (χ2n) is 6.66. The molecule has 2 heterocycles. The Kier molecular flexibility index (Phi) is 6.41. The van der Waals surface area contributed by atoms with Crippen molar-refractivity contribution in [3.05, 3.63) is 56.8 Å². The van der Waals surface area contributed by atoms with Gasteiger partial charge in [-0.3, -0.25) is 14.2 Å². The molecule has 0 saturated carbocycles. The van der Waals surface area contributed by atoms with Gasteiger partial charge in [0.2, 0.25) is 0 Å². The number of hydrogen-bond donors (Lipinski definition) is 0. The monoisotopic (exact) mass is 411 g/mol. The fourth-order valence-electron chi connectivity index (χ4n) is 3.03. The van der Waals surface area contributed by atoms with Crippen LogP contribution in [-0.2, 0) is 29.4 Å². The van der Waals surface area contributed by atoms with Crippen LogP contribution >= 0.6 is 11.6 Å². The summed E-state index contributed by atoms with van der Waals surface area (Å²) in [5.74, 6) is -0.0286. The Bertz CT molecular complexity index is 935. The first-order valence-electron chi connectivity index (χ1n) is 8.82. The number of aromatic nitrogens is 2. The number of carbonyl (C=O) groups is 1. The van der Waals surface area contributed by atoms with E-state index in [-0.39, 0.29) is 35.8 Å². The van der Waals surface area contributed by atoms with Crippen LogP contribution in [0.2, 0.25) is 5.02 Å². The van der Waals surface area contributed by atoms with Crippen LogP contribution in [0.1, 0.15) is 11.4 Å². The molecule has 1 aromatic heterocycles. The lowest BCUT2D eigenvalue weighted by Gasteiger charge is -2.32. The lowest BCUT2D eigenvalue weighted by Crippen LogP contribution is -2.44. The number of morpholine rings is 1. The highest BCUT2D eigenvalue weighted by molar-refractivity contribution is 6.30. The van der Waals surface area contributed by atoms with Crippen molar-refractivity contribution < 1.29 is 18.3 Å². The Hall–Kier alpha value is -2.32. The molecule has 0 radical (unpaired) electrons. The SMILES string of the molecule is Cn1c(CC(=O)Cc2ccc(F)c(Cl)c2)nc(N2CCOC(CF)C2)cc1=O. The molecule has 2 aromatic rings. The van der Waals surface area contributed by atoms with Crippen molar-refractivity contribution in [3.8, 4) is 0 Å². The Morgan fingerprint density at radius 2 is 2.14 bits per heavy atom. The highest BCUT2D eigenvalue weighted by Crippen LogP contribution is 2.18. The van der Waals surface area contributed by atoms with Crippen LogP contribution in [0, 0.1) is 5.82 Å². The minimum absolute atomic E-state index is 0.0432. The van der Waals surface area contributed by atoms with Crippen molar-refractivity contribution in [2.45, 2.75) is 18.9 Å². The van der Waals surface area contributed by atoms with Crippen LogP contribution in [0.4, 0.5) is 14.6 Å². The molecule has 1 aliphatic rings. The van der Waals surface area contributed by atoms with Gasteiger partial charge in [0.1, 0.15) is 36.0 Å². The number of ketones is 1. The van der Waals surface area contributed by atoms with E-state index >= 15 is 0 Å². The molecule has 28 heavy (non-hydrogen) atoms. The minimum atomic E-state index is -0.618. The van der Waals surface area contributed by atoms with E-state index in [0.29, 0.717) is 30.4 Å². The maximum Gasteiger partial charge on any atom is 0.255 e. The van der Waals surface area contributed by atoms with Crippen molar-refractivity contribution in [2.75, 3.05) is 31.3 Å². The highest BCUT2D eigenvalue weighted by atomic mass is 35.5. The summed E-state index contributed by atoms with van der Waals surface area (Å²) >= 11 is 5.75. The number of halogens is 3. The summed E-state index contributed by atoms with van der Waals surface area (Å²) in [6.45, 7) is 0.494. The molecule has 0 spiro atoms. The fourth-order valence-corrected chi connectivity index (χ4v) is 3.23. The molecule has 1 aromatic carbocycles. The molecule has 0 aliphatic carbocycles. The summed E-state index contributed by atoms with van der Waals surface area (Å²) < 4.78 is 32.8. The Morgan fingerprint density at radius 1 is 1.36 bits per heavy atom. The van der Waals surface area contributed by atoms with Gasteiger partial charge in [0.05, 0.1) is 18.1 Å². The third-order valence-electron chi connectivity index (χ3n) is 4.59. The number of alkyl halides is 1. The predicted octanol–water partition coefficient (Wildman–Crippen LogP) is 2.10. The minimum Gasteiger partial charge on any atom is -0.372 e. The number of nitrogens with zero attached hydrogens (tertiary/aromatic N) is 3. The van der Waals surface area contributed by atoms with Crippen LogP contribution in [0.3, 0.4) is 0 Å². The first-order valence-corrected chi connectivity index (χ1v) is 9.20. The number of anilines is 1. The topological polar surface area (TPSA) is 64.4 Å². The van der Waals surface area contributed by atoms with Gasteiger partial charge in [0.25, 0.3) is 5.56 Å². The van der Waals surface area contributed by atoms with Crippen LogP contribution < -0.4 is 10.5 Å². The van der Waals surface area contributed by atoms with E-state index in [1.54, 1.807) is 11.9 Å². The van der Waals surface area contributed by atoms with Crippen molar-refractivity contribution >= 4 is 23.2 Å². The summed E-state index contributed by atoms with van der Waals surface area (Å²) in [6.07, 6.45) is -0.583. The second kappa shape index (κ2) is 8.79. The largest absolute Gasteiger partial charge is 0.372 e. The summed E-state index contributed by atoms with van der Waals surface area (Å²) in [4.78, 5) is 31.0. The fraction of sp³-hybridized carbons (Fsp3) is 0.421. The first kappa shape index (κ1) is 20.4. The molecule has 1 atom stereocenters. The van der Waals surface area contributed by atoms with E-state index in [1.807, 2.05) is 0 Å².